The van der Waals surface area contributed by atoms with Crippen LogP contribution < -0.4 is 5.32 Å². The predicted molar refractivity (Wildman–Crippen MR) is 67.5 cm³/mol. The maximum Gasteiger partial charge on any atom is 0.433 e. The van der Waals surface area contributed by atoms with Crippen LogP contribution in [0.25, 0.3) is 0 Å². The maximum atomic E-state index is 11.5. The molecule has 0 bridgehead atoms. The third kappa shape index (κ3) is 3.54. The molecule has 1 amide bonds. The van der Waals surface area contributed by atoms with E-state index in [-0.39, 0.29) is 17.8 Å². The Labute approximate surface area is 110 Å². The molecule has 19 heavy (non-hydrogen) atoms. The number of hydrogen-bond acceptors (Lipinski definition) is 5. The van der Waals surface area contributed by atoms with Gasteiger partial charge in [-0.1, -0.05) is 0 Å². The molecule has 0 spiro atoms. The second-order valence-corrected chi connectivity index (χ2v) is 4.72. The first-order chi connectivity index (χ1) is 9.06. The van der Waals surface area contributed by atoms with Crippen LogP contribution in [0.4, 0.5) is 5.88 Å². The highest BCUT2D eigenvalue weighted by Gasteiger charge is 2.21. The van der Waals surface area contributed by atoms with Crippen LogP contribution in [0.2, 0.25) is 0 Å². The highest BCUT2D eigenvalue weighted by Crippen LogP contribution is 2.15. The van der Waals surface area contributed by atoms with Crippen LogP contribution >= 0.6 is 0 Å². The number of likely N-dealkylation sites (tertiary alicyclic amines) is 1. The Hall–Kier alpha value is -1.89. The smallest absolute Gasteiger partial charge is 0.404 e. The summed E-state index contributed by atoms with van der Waals surface area (Å²) >= 11 is 0. The second-order valence-electron chi connectivity index (χ2n) is 4.72. The van der Waals surface area contributed by atoms with Gasteiger partial charge in [0, 0.05) is 25.6 Å². The number of hydrogen-bond donors (Lipinski definition) is 1. The Balaban J connectivity index is 1.77. The van der Waals surface area contributed by atoms with E-state index in [1.165, 1.54) is 6.07 Å². The van der Waals surface area contributed by atoms with Crippen molar-refractivity contribution in [2.75, 3.05) is 13.1 Å². The van der Waals surface area contributed by atoms with Crippen LogP contribution in [0.1, 0.15) is 25.5 Å². The second kappa shape index (κ2) is 5.83. The van der Waals surface area contributed by atoms with Crippen molar-refractivity contribution in [1.82, 2.24) is 10.2 Å². The molecule has 2 rings (SSSR count). The average molecular weight is 267 g/mol. The number of nitro groups is 1. The van der Waals surface area contributed by atoms with Crippen molar-refractivity contribution in [3.63, 3.8) is 0 Å². The van der Waals surface area contributed by atoms with E-state index in [2.05, 4.69) is 5.32 Å². The summed E-state index contributed by atoms with van der Waals surface area (Å²) < 4.78 is 5.04. The summed E-state index contributed by atoms with van der Waals surface area (Å²) in [6.07, 6.45) is 1.56. The van der Waals surface area contributed by atoms with Crippen LogP contribution in [0.3, 0.4) is 0 Å². The van der Waals surface area contributed by atoms with Gasteiger partial charge in [0.05, 0.1) is 12.6 Å². The molecule has 2 heterocycles. The number of furan rings is 1. The third-order valence-electron chi connectivity index (χ3n) is 3.12. The lowest BCUT2D eigenvalue weighted by Crippen LogP contribution is -2.39. The molecule has 1 aliphatic rings. The lowest BCUT2D eigenvalue weighted by atomic mass is 10.3. The van der Waals surface area contributed by atoms with E-state index in [1.54, 1.807) is 6.07 Å². The van der Waals surface area contributed by atoms with Crippen LogP contribution in [0.15, 0.2) is 16.5 Å². The molecule has 0 saturated carbocycles. The minimum Gasteiger partial charge on any atom is -0.404 e. The zero-order chi connectivity index (χ0) is 13.8. The fourth-order valence-corrected chi connectivity index (χ4v) is 2.13. The topological polar surface area (TPSA) is 88.6 Å². The van der Waals surface area contributed by atoms with Crippen molar-refractivity contribution >= 4 is 11.8 Å². The standard InChI is InChI=1S/C12H17N3O4/c1-9(8-14-6-2-3-11(14)16)13-7-10-4-5-12(19-10)15(17)18/h4-5,9,13H,2-3,6-8H2,1H3. The van der Waals surface area contributed by atoms with E-state index >= 15 is 0 Å². The zero-order valence-electron chi connectivity index (χ0n) is 10.8. The molecule has 1 N–H and O–H groups in total. The largest absolute Gasteiger partial charge is 0.433 e. The summed E-state index contributed by atoms with van der Waals surface area (Å²) in [6, 6.07) is 3.04. The Morgan fingerprint density at radius 1 is 1.58 bits per heavy atom. The van der Waals surface area contributed by atoms with Crippen LogP contribution in [0.5, 0.6) is 0 Å². The molecule has 104 valence electrons. The summed E-state index contributed by atoms with van der Waals surface area (Å²) in [7, 11) is 0. The number of amides is 1. The molecule has 1 aromatic rings. The highest BCUT2D eigenvalue weighted by atomic mass is 16.6. The molecule has 1 aromatic heterocycles. The predicted octanol–water partition coefficient (Wildman–Crippen LogP) is 1.29. The number of carbonyl (C=O) groups is 1. The van der Waals surface area contributed by atoms with Crippen molar-refractivity contribution < 1.29 is 14.1 Å². The lowest BCUT2D eigenvalue weighted by Gasteiger charge is -2.21. The molecule has 1 saturated heterocycles. The molecule has 1 unspecified atom stereocenters. The van der Waals surface area contributed by atoms with Crippen LogP contribution in [-0.2, 0) is 11.3 Å². The fourth-order valence-electron chi connectivity index (χ4n) is 2.13. The van der Waals surface area contributed by atoms with Crippen molar-refractivity contribution in [2.45, 2.75) is 32.4 Å². The normalized spacial score (nSPS) is 16.9. The fraction of sp³-hybridized carbons (Fsp3) is 0.583. The summed E-state index contributed by atoms with van der Waals surface area (Å²) in [5, 5.41) is 13.7. The van der Waals surface area contributed by atoms with Crippen molar-refractivity contribution in [3.05, 3.63) is 28.0 Å². The van der Waals surface area contributed by atoms with E-state index in [9.17, 15) is 14.9 Å². The van der Waals surface area contributed by atoms with E-state index in [4.69, 9.17) is 4.42 Å². The van der Waals surface area contributed by atoms with Gasteiger partial charge in [-0.05, 0) is 19.4 Å². The Bertz CT molecular complexity index is 471. The Kier molecular flexibility index (Phi) is 4.16. The van der Waals surface area contributed by atoms with E-state index in [0.717, 1.165) is 13.0 Å². The maximum absolute atomic E-state index is 11.5. The monoisotopic (exact) mass is 267 g/mol. The van der Waals surface area contributed by atoms with Gasteiger partial charge in [-0.15, -0.1) is 0 Å². The number of nitrogens with zero attached hydrogens (tertiary/aromatic N) is 2. The van der Waals surface area contributed by atoms with Crippen LogP contribution in [-0.4, -0.2) is 34.9 Å². The van der Waals surface area contributed by atoms with Gasteiger partial charge in [0.1, 0.15) is 10.7 Å². The number of carbonyl (C=O) groups excluding carboxylic acids is 1. The molecule has 7 nitrogen and oxygen atoms in total. The van der Waals surface area contributed by atoms with Crippen molar-refractivity contribution in [2.24, 2.45) is 0 Å². The first-order valence-electron chi connectivity index (χ1n) is 6.30. The lowest BCUT2D eigenvalue weighted by molar-refractivity contribution is -0.402. The molecule has 1 aliphatic heterocycles. The molecular weight excluding hydrogens is 250 g/mol. The average Bonchev–Trinajstić information content (AvgIpc) is 2.97. The molecule has 0 aliphatic carbocycles. The van der Waals surface area contributed by atoms with E-state index in [1.807, 2.05) is 11.8 Å². The summed E-state index contributed by atoms with van der Waals surface area (Å²) in [5.74, 6) is 0.466. The SMILES string of the molecule is CC(CN1CCCC1=O)NCc1ccc([N+](=O)[O-])o1. The Morgan fingerprint density at radius 2 is 2.37 bits per heavy atom. The van der Waals surface area contributed by atoms with E-state index in [0.29, 0.717) is 25.3 Å². The third-order valence-corrected chi connectivity index (χ3v) is 3.12. The summed E-state index contributed by atoms with van der Waals surface area (Å²) in [5.41, 5.74) is 0. The summed E-state index contributed by atoms with van der Waals surface area (Å²) in [4.78, 5) is 23.2. The Morgan fingerprint density at radius 3 is 2.95 bits per heavy atom. The van der Waals surface area contributed by atoms with Gasteiger partial charge in [0.25, 0.3) is 0 Å². The quantitative estimate of drug-likeness (QED) is 0.619. The first-order valence-corrected chi connectivity index (χ1v) is 6.30. The number of rotatable bonds is 6. The van der Waals surface area contributed by atoms with Crippen molar-refractivity contribution in [1.29, 1.82) is 0 Å². The molecule has 0 radical (unpaired) electrons. The van der Waals surface area contributed by atoms with Gasteiger partial charge in [-0.3, -0.25) is 14.9 Å². The zero-order valence-corrected chi connectivity index (χ0v) is 10.8. The number of nitrogens with one attached hydrogen (secondary N) is 1. The van der Waals surface area contributed by atoms with Crippen molar-refractivity contribution in [3.8, 4) is 0 Å². The van der Waals surface area contributed by atoms with Gasteiger partial charge in [0.15, 0.2) is 0 Å². The molecule has 7 heteroatoms. The molecular formula is C12H17N3O4. The molecule has 0 aromatic carbocycles. The summed E-state index contributed by atoms with van der Waals surface area (Å²) in [6.45, 7) is 3.86. The highest BCUT2D eigenvalue weighted by molar-refractivity contribution is 5.78. The minimum atomic E-state index is -0.560. The molecule has 1 fully saturated rings. The van der Waals surface area contributed by atoms with Gasteiger partial charge < -0.3 is 14.6 Å². The van der Waals surface area contributed by atoms with E-state index < -0.39 is 4.92 Å². The first kappa shape index (κ1) is 13.5. The van der Waals surface area contributed by atoms with Gasteiger partial charge in [0.2, 0.25) is 5.91 Å². The van der Waals surface area contributed by atoms with Gasteiger partial charge in [-0.2, -0.15) is 0 Å². The molecule has 1 atom stereocenters. The van der Waals surface area contributed by atoms with Gasteiger partial charge in [-0.25, -0.2) is 0 Å². The minimum absolute atomic E-state index is 0.117. The van der Waals surface area contributed by atoms with Crippen LogP contribution in [0, 0.1) is 10.1 Å². The van der Waals surface area contributed by atoms with Gasteiger partial charge >= 0.3 is 5.88 Å².